The molecule has 9 nitrogen and oxygen atoms in total. The lowest BCUT2D eigenvalue weighted by Crippen LogP contribution is -2.35. The fourth-order valence-corrected chi connectivity index (χ4v) is 6.69. The molecular formula is C24H30Cl2N4O5S2Si. The van der Waals surface area contributed by atoms with E-state index in [9.17, 15) is 13.5 Å². The molecule has 1 N–H and O–H groups in total. The molecule has 38 heavy (non-hydrogen) atoms. The van der Waals surface area contributed by atoms with Crippen molar-refractivity contribution in [3.63, 3.8) is 0 Å². The third-order valence-electron chi connectivity index (χ3n) is 5.24. The van der Waals surface area contributed by atoms with Gasteiger partial charge in [-0.05, 0) is 30.3 Å². The number of anilines is 1. The molecule has 3 aromatic rings. The predicted molar refractivity (Wildman–Crippen MR) is 154 cm³/mol. The highest BCUT2D eigenvalue weighted by Crippen LogP contribution is 2.36. The molecule has 3 rings (SSSR count). The van der Waals surface area contributed by atoms with Crippen molar-refractivity contribution in [2.45, 2.75) is 41.7 Å². The summed E-state index contributed by atoms with van der Waals surface area (Å²) in [6, 6.07) is 10.5. The number of benzene rings is 1. The number of halogens is 2. The Morgan fingerprint density at radius 1 is 1.13 bits per heavy atom. The number of thioether (sulfide) groups is 1. The number of aliphatic hydroxyl groups excluding tert-OH is 1. The zero-order valence-electron chi connectivity index (χ0n) is 21.5. The monoisotopic (exact) mass is 616 g/mol. The molecule has 1 atom stereocenters. The first kappa shape index (κ1) is 30.6. The van der Waals surface area contributed by atoms with Crippen LogP contribution in [0.1, 0.15) is 11.8 Å². The summed E-state index contributed by atoms with van der Waals surface area (Å²) in [5.41, 5.74) is 0.530. The van der Waals surface area contributed by atoms with E-state index in [1.165, 1.54) is 43.3 Å². The molecular weight excluding hydrogens is 587 g/mol. The summed E-state index contributed by atoms with van der Waals surface area (Å²) in [5.74, 6) is 0.165. The SMILES string of the molecule is COc1nc(SCC(O)c2ccccn2)cnc1N(COCC[Si](C)(C)C)S(=O)(=O)c1cccc(Cl)c1Cl. The van der Waals surface area contributed by atoms with E-state index in [1.54, 1.807) is 24.4 Å². The van der Waals surface area contributed by atoms with Crippen molar-refractivity contribution in [2.75, 3.05) is 30.5 Å². The second-order valence-corrected chi connectivity index (χ2v) is 18.7. The Hall–Kier alpha value is -1.93. The highest BCUT2D eigenvalue weighted by Gasteiger charge is 2.32. The van der Waals surface area contributed by atoms with Crippen LogP contribution in [0.15, 0.2) is 58.7 Å². The van der Waals surface area contributed by atoms with Gasteiger partial charge < -0.3 is 14.6 Å². The smallest absolute Gasteiger partial charge is 0.269 e. The molecule has 1 aromatic carbocycles. The number of aliphatic hydroxyl groups is 1. The molecule has 2 aromatic heterocycles. The maximum Gasteiger partial charge on any atom is 0.269 e. The third kappa shape index (κ3) is 8.04. The third-order valence-corrected chi connectivity index (χ3v) is 10.6. The molecule has 0 fully saturated rings. The Morgan fingerprint density at radius 2 is 1.89 bits per heavy atom. The molecule has 2 heterocycles. The number of sulfonamides is 1. The normalized spacial score (nSPS) is 12.8. The second kappa shape index (κ2) is 13.4. The summed E-state index contributed by atoms with van der Waals surface area (Å²) in [7, 11) is -4.31. The number of pyridine rings is 1. The Bertz CT molecular complexity index is 1330. The molecule has 14 heteroatoms. The molecule has 0 aliphatic rings. The van der Waals surface area contributed by atoms with Gasteiger partial charge in [0.1, 0.15) is 22.8 Å². The first-order valence-electron chi connectivity index (χ1n) is 11.6. The van der Waals surface area contributed by atoms with Gasteiger partial charge >= 0.3 is 0 Å². The summed E-state index contributed by atoms with van der Waals surface area (Å²) in [5, 5.41) is 10.8. The van der Waals surface area contributed by atoms with Crippen LogP contribution in [0.4, 0.5) is 5.82 Å². The number of hydrogen-bond acceptors (Lipinski definition) is 9. The molecule has 0 spiro atoms. The standard InChI is InChI=1S/C24H30Cl2N4O5S2Si/c1-34-24-23(28-14-21(29-24)36-15-19(31)18-9-5-6-11-27-18)30(16-35-12-13-38(2,3)4)37(32,33)20-10-7-8-17(25)22(20)26/h5-11,14,19,31H,12-13,15-16H2,1-4H3. The molecule has 0 aliphatic heterocycles. The highest BCUT2D eigenvalue weighted by molar-refractivity contribution is 7.99. The van der Waals surface area contributed by atoms with Gasteiger partial charge in [0.15, 0.2) is 0 Å². The summed E-state index contributed by atoms with van der Waals surface area (Å²) >= 11 is 13.6. The Morgan fingerprint density at radius 3 is 2.55 bits per heavy atom. The number of nitrogens with zero attached hydrogens (tertiary/aromatic N) is 4. The molecule has 206 valence electrons. The van der Waals surface area contributed by atoms with E-state index in [0.717, 1.165) is 10.3 Å². The Balaban J connectivity index is 1.91. The van der Waals surface area contributed by atoms with Gasteiger partial charge in [-0.3, -0.25) is 4.98 Å². The van der Waals surface area contributed by atoms with Crippen molar-refractivity contribution >= 4 is 58.9 Å². The minimum absolute atomic E-state index is 0.0298. The lowest BCUT2D eigenvalue weighted by atomic mass is 10.2. The summed E-state index contributed by atoms with van der Waals surface area (Å²) < 4.78 is 39.7. The van der Waals surface area contributed by atoms with E-state index < -0.39 is 24.2 Å². The van der Waals surface area contributed by atoms with E-state index >= 15 is 0 Å². The summed E-state index contributed by atoms with van der Waals surface area (Å²) in [4.78, 5) is 12.8. The van der Waals surface area contributed by atoms with Crippen LogP contribution in [-0.4, -0.2) is 62.8 Å². The second-order valence-electron chi connectivity index (χ2n) is 9.38. The molecule has 0 saturated heterocycles. The Kier molecular flexibility index (Phi) is 10.8. The number of aromatic nitrogens is 3. The van der Waals surface area contributed by atoms with Gasteiger partial charge in [-0.25, -0.2) is 22.7 Å². The first-order chi connectivity index (χ1) is 17.9. The Labute approximate surface area is 238 Å². The molecule has 0 radical (unpaired) electrons. The zero-order valence-corrected chi connectivity index (χ0v) is 25.6. The van der Waals surface area contributed by atoms with E-state index in [-0.39, 0.29) is 39.1 Å². The number of methoxy groups -OCH3 is 1. The van der Waals surface area contributed by atoms with Gasteiger partial charge in [-0.1, -0.05) is 55.0 Å². The first-order valence-corrected chi connectivity index (χ1v) is 18.5. The van der Waals surface area contributed by atoms with Gasteiger partial charge in [0, 0.05) is 26.6 Å². The van der Waals surface area contributed by atoms with Gasteiger partial charge in [0.25, 0.3) is 15.9 Å². The van der Waals surface area contributed by atoms with E-state index in [2.05, 4.69) is 34.6 Å². The van der Waals surface area contributed by atoms with E-state index in [1.807, 2.05) is 0 Å². The zero-order chi connectivity index (χ0) is 27.9. The predicted octanol–water partition coefficient (Wildman–Crippen LogP) is 5.52. The molecule has 1 unspecified atom stereocenters. The van der Waals surface area contributed by atoms with E-state index in [0.29, 0.717) is 17.3 Å². The van der Waals surface area contributed by atoms with Crippen LogP contribution in [0.2, 0.25) is 35.7 Å². The lowest BCUT2D eigenvalue weighted by Gasteiger charge is -2.25. The minimum Gasteiger partial charge on any atom is -0.478 e. The van der Waals surface area contributed by atoms with Crippen LogP contribution in [-0.2, 0) is 14.8 Å². The van der Waals surface area contributed by atoms with Crippen LogP contribution >= 0.6 is 35.0 Å². The maximum absolute atomic E-state index is 13.8. The van der Waals surface area contributed by atoms with Gasteiger partial charge in [-0.15, -0.1) is 11.8 Å². The van der Waals surface area contributed by atoms with Crippen LogP contribution in [0.5, 0.6) is 5.88 Å². The van der Waals surface area contributed by atoms with Gasteiger partial charge in [-0.2, -0.15) is 0 Å². The van der Waals surface area contributed by atoms with Crippen LogP contribution < -0.4 is 9.04 Å². The van der Waals surface area contributed by atoms with Gasteiger partial charge in [0.2, 0.25) is 5.82 Å². The molecule has 0 amide bonds. The molecule has 0 bridgehead atoms. The van der Waals surface area contributed by atoms with Crippen molar-refractivity contribution in [1.29, 1.82) is 0 Å². The summed E-state index contributed by atoms with van der Waals surface area (Å²) in [6.07, 6.45) is 2.20. The number of hydrogen-bond donors (Lipinski definition) is 1. The highest BCUT2D eigenvalue weighted by atomic mass is 35.5. The fraction of sp³-hybridized carbons (Fsp3) is 0.375. The van der Waals surface area contributed by atoms with E-state index in [4.69, 9.17) is 32.7 Å². The molecule has 0 aliphatic carbocycles. The van der Waals surface area contributed by atoms with Crippen molar-refractivity contribution < 1.29 is 23.0 Å². The average Bonchev–Trinajstić information content (AvgIpc) is 2.88. The average molecular weight is 618 g/mol. The number of ether oxygens (including phenoxy) is 2. The van der Waals surface area contributed by atoms with Crippen LogP contribution in [0, 0.1) is 0 Å². The van der Waals surface area contributed by atoms with Gasteiger partial charge in [0.05, 0.1) is 29.0 Å². The minimum atomic E-state index is -4.26. The lowest BCUT2D eigenvalue weighted by molar-refractivity contribution is 0.155. The van der Waals surface area contributed by atoms with Crippen LogP contribution in [0.3, 0.4) is 0 Å². The van der Waals surface area contributed by atoms with Crippen molar-refractivity contribution in [3.05, 3.63) is 64.5 Å². The van der Waals surface area contributed by atoms with Crippen molar-refractivity contribution in [3.8, 4) is 5.88 Å². The maximum atomic E-state index is 13.8. The topological polar surface area (TPSA) is 115 Å². The van der Waals surface area contributed by atoms with Crippen molar-refractivity contribution in [2.24, 2.45) is 0 Å². The quantitative estimate of drug-likeness (QED) is 0.115. The summed E-state index contributed by atoms with van der Waals surface area (Å²) in [6.45, 7) is 6.65. The fourth-order valence-electron chi connectivity index (χ4n) is 3.12. The van der Waals surface area contributed by atoms with Crippen molar-refractivity contribution in [1.82, 2.24) is 15.0 Å². The molecule has 0 saturated carbocycles. The largest absolute Gasteiger partial charge is 0.478 e. The van der Waals surface area contributed by atoms with Crippen LogP contribution in [0.25, 0.3) is 0 Å². The number of rotatable bonds is 13.